The van der Waals surface area contributed by atoms with Gasteiger partial charge in [0, 0.05) is 35.0 Å². The molecular weight excluding hydrogens is 484 g/mol. The summed E-state index contributed by atoms with van der Waals surface area (Å²) in [5.74, 6) is 0.0796. The summed E-state index contributed by atoms with van der Waals surface area (Å²) in [6.07, 6.45) is 0.682. The van der Waals surface area contributed by atoms with Gasteiger partial charge in [-0.1, -0.05) is 13.8 Å². The van der Waals surface area contributed by atoms with Gasteiger partial charge in [0.05, 0.1) is 12.3 Å². The van der Waals surface area contributed by atoms with Crippen LogP contribution < -0.4 is 13.8 Å². The van der Waals surface area contributed by atoms with Crippen molar-refractivity contribution in [2.75, 3.05) is 17.5 Å². The Morgan fingerprint density at radius 2 is 2.12 bits per heavy atom. The minimum Gasteiger partial charge on any atom is -0.493 e. The topological polar surface area (TPSA) is 106 Å². The van der Waals surface area contributed by atoms with Crippen molar-refractivity contribution in [1.82, 2.24) is 4.98 Å². The lowest BCUT2D eigenvalue weighted by Gasteiger charge is -2.27. The maximum absolute atomic E-state index is 13.6. The number of aromatic carboxylic acids is 1. The molecule has 0 unspecified atom stereocenters. The number of sulfonamides is 1. The van der Waals surface area contributed by atoms with Gasteiger partial charge < -0.3 is 14.6 Å². The van der Waals surface area contributed by atoms with Gasteiger partial charge >= 0.3 is 5.97 Å². The summed E-state index contributed by atoms with van der Waals surface area (Å²) in [5.41, 5.74) is 1.99. The molecule has 1 N–H and O–H groups in total. The third-order valence-corrected chi connectivity index (χ3v) is 9.10. The van der Waals surface area contributed by atoms with Crippen molar-refractivity contribution < 1.29 is 27.8 Å². The molecule has 1 aromatic carbocycles. The number of carbonyl (C=O) groups is 1. The Labute approximate surface area is 200 Å². The Hall–Kier alpha value is -2.63. The molecule has 0 bridgehead atoms. The van der Waals surface area contributed by atoms with Crippen molar-refractivity contribution in [3.05, 3.63) is 50.7 Å². The van der Waals surface area contributed by atoms with Gasteiger partial charge in [-0.05, 0) is 36.6 Å². The van der Waals surface area contributed by atoms with E-state index >= 15 is 0 Å². The lowest BCUT2D eigenvalue weighted by molar-refractivity contribution is 0.0702. The van der Waals surface area contributed by atoms with Crippen LogP contribution in [-0.2, 0) is 23.1 Å². The number of carboxylic acid groups (broad SMARTS) is 1. The van der Waals surface area contributed by atoms with Gasteiger partial charge in [0.25, 0.3) is 10.0 Å². The zero-order chi connectivity index (χ0) is 23.8. The van der Waals surface area contributed by atoms with Gasteiger partial charge in [0.2, 0.25) is 4.34 Å². The Balaban J connectivity index is 1.74. The van der Waals surface area contributed by atoms with Crippen LogP contribution in [0.15, 0.2) is 34.0 Å². The number of aromatic nitrogens is 1. The predicted octanol–water partition coefficient (Wildman–Crippen LogP) is 4.58. The van der Waals surface area contributed by atoms with Crippen LogP contribution in [0.25, 0.3) is 0 Å². The Kier molecular flexibility index (Phi) is 6.64. The Morgan fingerprint density at radius 1 is 1.33 bits per heavy atom. The first-order valence-corrected chi connectivity index (χ1v) is 13.5. The second-order valence-corrected chi connectivity index (χ2v) is 12.1. The number of ether oxygens (including phenoxy) is 2. The number of hydrogen-bond acceptors (Lipinski definition) is 8. The van der Waals surface area contributed by atoms with Crippen LogP contribution in [0.4, 0.5) is 5.69 Å². The van der Waals surface area contributed by atoms with Crippen LogP contribution in [0.5, 0.6) is 11.5 Å². The summed E-state index contributed by atoms with van der Waals surface area (Å²) >= 11 is 2.21. The Morgan fingerprint density at radius 3 is 2.76 bits per heavy atom. The van der Waals surface area contributed by atoms with Crippen molar-refractivity contribution in [3.8, 4) is 11.5 Å². The van der Waals surface area contributed by atoms with Crippen molar-refractivity contribution in [2.45, 2.75) is 38.1 Å². The molecule has 1 aliphatic heterocycles. The highest BCUT2D eigenvalue weighted by Crippen LogP contribution is 2.41. The number of anilines is 1. The van der Waals surface area contributed by atoms with Crippen molar-refractivity contribution in [1.29, 1.82) is 0 Å². The monoisotopic (exact) mass is 508 g/mol. The van der Waals surface area contributed by atoms with E-state index in [0.717, 1.165) is 28.2 Å². The molecule has 3 heterocycles. The molecule has 3 aromatic rings. The summed E-state index contributed by atoms with van der Waals surface area (Å²) in [6.45, 7) is 6.54. The standard InChI is InChI=1S/C22H24N2O6S3/c1-13(2)10-24(33(27,28)22-23-14(3)12-31-22)17-8-15-6-7-29-18(15)9-19(17)30-11-16-4-5-20(32-16)21(25)26/h4-5,8-9,12-13H,6-7,10-11H2,1-3H3,(H,25,26). The fraction of sp³-hybridized carbons (Fsp3) is 0.364. The minimum absolute atomic E-state index is 0.0349. The lowest BCUT2D eigenvalue weighted by atomic mass is 10.1. The summed E-state index contributed by atoms with van der Waals surface area (Å²) in [4.78, 5) is 16.3. The van der Waals surface area contributed by atoms with E-state index in [4.69, 9.17) is 14.6 Å². The van der Waals surface area contributed by atoms with Crippen molar-refractivity contribution >= 4 is 44.4 Å². The van der Waals surface area contributed by atoms with E-state index in [-0.39, 0.29) is 28.3 Å². The Bertz CT molecular complexity index is 1280. The summed E-state index contributed by atoms with van der Waals surface area (Å²) in [6, 6.07) is 6.76. The molecule has 0 fully saturated rings. The molecule has 0 amide bonds. The van der Waals surface area contributed by atoms with Crippen LogP contribution in [0.3, 0.4) is 0 Å². The summed E-state index contributed by atoms with van der Waals surface area (Å²) < 4.78 is 40.4. The van der Waals surface area contributed by atoms with Crippen LogP contribution in [0.2, 0.25) is 0 Å². The average Bonchev–Trinajstić information content (AvgIpc) is 3.50. The second-order valence-electron chi connectivity index (χ2n) is 8.07. The highest BCUT2D eigenvalue weighted by molar-refractivity contribution is 7.94. The molecule has 8 nitrogen and oxygen atoms in total. The molecule has 176 valence electrons. The predicted molar refractivity (Wildman–Crippen MR) is 127 cm³/mol. The molecule has 0 atom stereocenters. The number of rotatable bonds is 9. The molecule has 0 saturated carbocycles. The molecule has 4 rings (SSSR count). The molecule has 1 aliphatic rings. The lowest BCUT2D eigenvalue weighted by Crippen LogP contribution is -2.34. The number of hydrogen-bond donors (Lipinski definition) is 1. The first-order chi connectivity index (χ1) is 15.6. The first-order valence-electron chi connectivity index (χ1n) is 10.3. The molecule has 0 radical (unpaired) electrons. The van der Waals surface area contributed by atoms with E-state index in [0.29, 0.717) is 40.8 Å². The largest absolute Gasteiger partial charge is 0.493 e. The number of fused-ring (bicyclic) bond motifs is 1. The maximum atomic E-state index is 13.6. The number of nitrogens with zero attached hydrogens (tertiary/aromatic N) is 2. The number of benzene rings is 1. The van der Waals surface area contributed by atoms with E-state index in [9.17, 15) is 13.2 Å². The third kappa shape index (κ3) is 4.99. The first kappa shape index (κ1) is 23.5. The quantitative estimate of drug-likeness (QED) is 0.451. The number of thiophene rings is 1. The molecule has 33 heavy (non-hydrogen) atoms. The van der Waals surface area contributed by atoms with Gasteiger partial charge in [0.1, 0.15) is 23.0 Å². The number of carboxylic acids is 1. The highest BCUT2D eigenvalue weighted by atomic mass is 32.2. The fourth-order valence-corrected chi connectivity index (χ4v) is 6.95. The van der Waals surface area contributed by atoms with E-state index in [2.05, 4.69) is 4.98 Å². The van der Waals surface area contributed by atoms with E-state index in [1.54, 1.807) is 24.4 Å². The molecule has 2 aromatic heterocycles. The van der Waals surface area contributed by atoms with Crippen molar-refractivity contribution in [3.63, 3.8) is 0 Å². The van der Waals surface area contributed by atoms with Crippen LogP contribution in [0.1, 0.15) is 39.7 Å². The molecule has 0 saturated heterocycles. The van der Waals surface area contributed by atoms with Gasteiger partial charge in [-0.2, -0.15) is 8.42 Å². The number of aryl methyl sites for hydroxylation is 1. The SMILES string of the molecule is Cc1csc(S(=O)(=O)N(CC(C)C)c2cc3c(cc2OCc2ccc(C(=O)O)s2)OCC3)n1. The second kappa shape index (κ2) is 9.32. The van der Waals surface area contributed by atoms with Crippen LogP contribution >= 0.6 is 22.7 Å². The minimum atomic E-state index is -3.91. The maximum Gasteiger partial charge on any atom is 0.345 e. The van der Waals surface area contributed by atoms with Crippen LogP contribution in [-0.4, -0.2) is 37.6 Å². The highest BCUT2D eigenvalue weighted by Gasteiger charge is 2.32. The zero-order valence-electron chi connectivity index (χ0n) is 18.4. The molecular formula is C22H24N2O6S3. The normalized spacial score (nSPS) is 13.1. The number of thiazole rings is 1. The van der Waals surface area contributed by atoms with E-state index < -0.39 is 16.0 Å². The summed E-state index contributed by atoms with van der Waals surface area (Å²) in [7, 11) is -3.91. The smallest absolute Gasteiger partial charge is 0.345 e. The van der Waals surface area contributed by atoms with Gasteiger partial charge in [-0.3, -0.25) is 4.31 Å². The molecule has 0 aliphatic carbocycles. The van der Waals surface area contributed by atoms with Gasteiger partial charge in [0.15, 0.2) is 0 Å². The van der Waals surface area contributed by atoms with E-state index in [1.165, 1.54) is 10.4 Å². The van der Waals surface area contributed by atoms with E-state index in [1.807, 2.05) is 19.9 Å². The third-order valence-electron chi connectivity index (χ3n) is 4.92. The van der Waals surface area contributed by atoms with Crippen molar-refractivity contribution in [2.24, 2.45) is 5.92 Å². The fourth-order valence-electron chi connectivity index (χ4n) is 3.43. The molecule has 0 spiro atoms. The summed E-state index contributed by atoms with van der Waals surface area (Å²) in [5, 5.41) is 10.9. The van der Waals surface area contributed by atoms with Crippen LogP contribution in [0, 0.1) is 12.8 Å². The molecule has 11 heteroatoms. The average molecular weight is 509 g/mol. The zero-order valence-corrected chi connectivity index (χ0v) is 20.8. The van der Waals surface area contributed by atoms with Gasteiger partial charge in [-0.15, -0.1) is 22.7 Å². The van der Waals surface area contributed by atoms with Gasteiger partial charge in [-0.25, -0.2) is 9.78 Å².